The quantitative estimate of drug-likeness (QED) is 0.763. The minimum absolute atomic E-state index is 0.424. The van der Waals surface area contributed by atoms with E-state index in [-0.39, 0.29) is 0 Å². The first-order chi connectivity index (χ1) is 7.86. The number of hydrogen-bond donors (Lipinski definition) is 0. The van der Waals surface area contributed by atoms with E-state index in [2.05, 4.69) is 29.4 Å². The summed E-state index contributed by atoms with van der Waals surface area (Å²) in [6, 6.07) is 8.23. The standard InChI is InChI=1S/C12H14ClN3/c1-2-5-10-6-3-4-7-12(10)16-11(8-13)9-14-15-16/h3-4,6-7,9H,2,5,8H2,1H3. The maximum atomic E-state index is 5.85. The Morgan fingerprint density at radius 2 is 2.12 bits per heavy atom. The number of hydrogen-bond acceptors (Lipinski definition) is 2. The highest BCUT2D eigenvalue weighted by atomic mass is 35.5. The van der Waals surface area contributed by atoms with Crippen LogP contribution in [0.3, 0.4) is 0 Å². The molecule has 3 nitrogen and oxygen atoms in total. The van der Waals surface area contributed by atoms with E-state index in [1.807, 2.05) is 16.8 Å². The molecule has 16 heavy (non-hydrogen) atoms. The number of aromatic nitrogens is 3. The van der Waals surface area contributed by atoms with Crippen molar-refractivity contribution in [3.8, 4) is 5.69 Å². The summed E-state index contributed by atoms with van der Waals surface area (Å²) in [6.45, 7) is 2.17. The summed E-state index contributed by atoms with van der Waals surface area (Å²) < 4.78 is 1.82. The van der Waals surface area contributed by atoms with Crippen LogP contribution in [0.5, 0.6) is 0 Å². The first-order valence-corrected chi connectivity index (χ1v) is 5.94. The molecule has 0 amide bonds. The first-order valence-electron chi connectivity index (χ1n) is 5.40. The van der Waals surface area contributed by atoms with Crippen LogP contribution in [0.1, 0.15) is 24.6 Å². The van der Waals surface area contributed by atoms with Crippen molar-refractivity contribution in [3.05, 3.63) is 41.7 Å². The van der Waals surface area contributed by atoms with Crippen molar-refractivity contribution in [2.75, 3.05) is 0 Å². The zero-order chi connectivity index (χ0) is 11.4. The lowest BCUT2D eigenvalue weighted by Gasteiger charge is -2.09. The van der Waals surface area contributed by atoms with Crippen LogP contribution in [-0.2, 0) is 12.3 Å². The van der Waals surface area contributed by atoms with Gasteiger partial charge in [-0.2, -0.15) is 0 Å². The highest BCUT2D eigenvalue weighted by Crippen LogP contribution is 2.17. The van der Waals surface area contributed by atoms with Crippen LogP contribution in [0.2, 0.25) is 0 Å². The maximum Gasteiger partial charge on any atom is 0.0793 e. The van der Waals surface area contributed by atoms with Gasteiger partial charge in [-0.1, -0.05) is 36.8 Å². The van der Waals surface area contributed by atoms with Crippen LogP contribution >= 0.6 is 11.6 Å². The predicted molar refractivity (Wildman–Crippen MR) is 64.9 cm³/mol. The first kappa shape index (κ1) is 11.1. The molecular formula is C12H14ClN3. The molecule has 1 aromatic heterocycles. The fourth-order valence-electron chi connectivity index (χ4n) is 1.75. The lowest BCUT2D eigenvalue weighted by Crippen LogP contribution is -2.04. The Bertz CT molecular complexity index is 465. The molecule has 0 unspecified atom stereocenters. The van der Waals surface area contributed by atoms with Crippen molar-refractivity contribution >= 4 is 11.6 Å². The van der Waals surface area contributed by atoms with Crippen molar-refractivity contribution in [3.63, 3.8) is 0 Å². The van der Waals surface area contributed by atoms with Crippen LogP contribution in [0.15, 0.2) is 30.5 Å². The number of rotatable bonds is 4. The summed E-state index contributed by atoms with van der Waals surface area (Å²) in [6.07, 6.45) is 3.86. The number of para-hydroxylation sites is 1. The number of alkyl halides is 1. The molecule has 0 atom stereocenters. The molecule has 0 saturated heterocycles. The lowest BCUT2D eigenvalue weighted by atomic mass is 10.1. The average molecular weight is 236 g/mol. The second kappa shape index (κ2) is 5.12. The molecule has 1 aromatic carbocycles. The molecule has 0 aliphatic heterocycles. The van der Waals surface area contributed by atoms with Crippen molar-refractivity contribution < 1.29 is 0 Å². The molecule has 0 aliphatic carbocycles. The Kier molecular flexibility index (Phi) is 3.57. The monoisotopic (exact) mass is 235 g/mol. The third kappa shape index (κ3) is 2.09. The van der Waals surface area contributed by atoms with Gasteiger partial charge in [-0.3, -0.25) is 0 Å². The molecule has 0 aliphatic rings. The van der Waals surface area contributed by atoms with Gasteiger partial charge in [0.2, 0.25) is 0 Å². The van der Waals surface area contributed by atoms with E-state index < -0.39 is 0 Å². The van der Waals surface area contributed by atoms with Crippen LogP contribution in [-0.4, -0.2) is 15.0 Å². The van der Waals surface area contributed by atoms with Crippen LogP contribution in [0, 0.1) is 0 Å². The van der Waals surface area contributed by atoms with Gasteiger partial charge in [0.1, 0.15) is 0 Å². The summed E-state index contributed by atoms with van der Waals surface area (Å²) in [7, 11) is 0. The second-order valence-electron chi connectivity index (χ2n) is 3.65. The number of halogens is 1. The fourth-order valence-corrected chi connectivity index (χ4v) is 1.93. The van der Waals surface area contributed by atoms with Crippen LogP contribution in [0.25, 0.3) is 5.69 Å². The third-order valence-corrected chi connectivity index (χ3v) is 2.77. The van der Waals surface area contributed by atoms with E-state index in [0.29, 0.717) is 5.88 Å². The predicted octanol–water partition coefficient (Wildman–Crippen LogP) is 2.96. The van der Waals surface area contributed by atoms with Crippen molar-refractivity contribution in [2.24, 2.45) is 0 Å². The molecule has 0 N–H and O–H groups in total. The normalized spacial score (nSPS) is 10.6. The van der Waals surface area contributed by atoms with Gasteiger partial charge < -0.3 is 0 Å². The zero-order valence-corrected chi connectivity index (χ0v) is 9.98. The zero-order valence-electron chi connectivity index (χ0n) is 9.23. The molecule has 84 valence electrons. The van der Waals surface area contributed by atoms with Crippen molar-refractivity contribution in [2.45, 2.75) is 25.6 Å². The Labute approximate surface area is 100 Å². The highest BCUT2D eigenvalue weighted by molar-refractivity contribution is 6.16. The second-order valence-corrected chi connectivity index (χ2v) is 3.92. The SMILES string of the molecule is CCCc1ccccc1-n1nncc1CCl. The van der Waals surface area contributed by atoms with Gasteiger partial charge >= 0.3 is 0 Å². The summed E-state index contributed by atoms with van der Waals surface area (Å²) in [5, 5.41) is 7.98. The van der Waals surface area contributed by atoms with Gasteiger partial charge in [0, 0.05) is 0 Å². The minimum atomic E-state index is 0.424. The van der Waals surface area contributed by atoms with Gasteiger partial charge in [-0.15, -0.1) is 16.7 Å². The van der Waals surface area contributed by atoms with E-state index in [9.17, 15) is 0 Å². The molecule has 2 aromatic rings. The molecule has 0 radical (unpaired) electrons. The van der Waals surface area contributed by atoms with Gasteiger partial charge in [-0.05, 0) is 18.1 Å². The molecule has 2 rings (SSSR count). The Balaban J connectivity index is 2.46. The molecule has 0 saturated carbocycles. The lowest BCUT2D eigenvalue weighted by molar-refractivity contribution is 0.765. The summed E-state index contributed by atoms with van der Waals surface area (Å²) in [5.74, 6) is 0.424. The molecule has 0 spiro atoms. The third-order valence-electron chi connectivity index (χ3n) is 2.50. The van der Waals surface area contributed by atoms with E-state index in [4.69, 9.17) is 11.6 Å². The van der Waals surface area contributed by atoms with E-state index in [1.54, 1.807) is 6.20 Å². The largest absolute Gasteiger partial charge is 0.216 e. The Hall–Kier alpha value is -1.35. The van der Waals surface area contributed by atoms with Crippen LogP contribution in [0.4, 0.5) is 0 Å². The number of aryl methyl sites for hydroxylation is 1. The molecule has 4 heteroatoms. The molecule has 0 bridgehead atoms. The van der Waals surface area contributed by atoms with Crippen molar-refractivity contribution in [1.29, 1.82) is 0 Å². The Morgan fingerprint density at radius 3 is 2.88 bits per heavy atom. The molecule has 0 fully saturated rings. The summed E-state index contributed by atoms with van der Waals surface area (Å²) >= 11 is 5.85. The number of benzene rings is 1. The van der Waals surface area contributed by atoms with Crippen LogP contribution < -0.4 is 0 Å². The molecular weight excluding hydrogens is 222 g/mol. The van der Waals surface area contributed by atoms with E-state index in [1.165, 1.54) is 5.56 Å². The minimum Gasteiger partial charge on any atom is -0.216 e. The van der Waals surface area contributed by atoms with Gasteiger partial charge in [-0.25, -0.2) is 4.68 Å². The maximum absolute atomic E-state index is 5.85. The fraction of sp³-hybridized carbons (Fsp3) is 0.333. The van der Waals surface area contributed by atoms with Gasteiger partial charge in [0.15, 0.2) is 0 Å². The number of nitrogens with zero attached hydrogens (tertiary/aromatic N) is 3. The van der Waals surface area contributed by atoms with Gasteiger partial charge in [0.05, 0.1) is 23.5 Å². The molecule has 1 heterocycles. The summed E-state index contributed by atoms with van der Waals surface area (Å²) in [4.78, 5) is 0. The average Bonchev–Trinajstić information content (AvgIpc) is 2.78. The topological polar surface area (TPSA) is 30.7 Å². The van der Waals surface area contributed by atoms with E-state index in [0.717, 1.165) is 24.2 Å². The summed E-state index contributed by atoms with van der Waals surface area (Å²) in [5.41, 5.74) is 3.28. The van der Waals surface area contributed by atoms with E-state index >= 15 is 0 Å². The van der Waals surface area contributed by atoms with Crippen molar-refractivity contribution in [1.82, 2.24) is 15.0 Å². The highest BCUT2D eigenvalue weighted by Gasteiger charge is 2.08. The smallest absolute Gasteiger partial charge is 0.0793 e. The van der Waals surface area contributed by atoms with Gasteiger partial charge in [0.25, 0.3) is 0 Å². The Morgan fingerprint density at radius 1 is 1.31 bits per heavy atom.